The molecule has 0 radical (unpaired) electrons. The zero-order valence-corrected chi connectivity index (χ0v) is 16.0. The molecule has 0 unspecified atom stereocenters. The van der Waals surface area contributed by atoms with E-state index in [1.165, 1.54) is 44.1 Å². The second kappa shape index (κ2) is 6.39. The highest BCUT2D eigenvalue weighted by Crippen LogP contribution is 2.56. The van der Waals surface area contributed by atoms with E-state index < -0.39 is 0 Å². The van der Waals surface area contributed by atoms with Gasteiger partial charge in [0.1, 0.15) is 12.0 Å². The summed E-state index contributed by atoms with van der Waals surface area (Å²) < 4.78 is 0. The maximum Gasteiger partial charge on any atom is 0.159 e. The maximum absolute atomic E-state index is 6.50. The lowest BCUT2D eigenvalue weighted by molar-refractivity contribution is 0.0106. The van der Waals surface area contributed by atoms with Crippen molar-refractivity contribution in [2.45, 2.75) is 57.4 Å². The zero-order valence-electron chi connectivity index (χ0n) is 16.0. The average molecular weight is 364 g/mol. The normalized spacial score (nSPS) is 31.1. The summed E-state index contributed by atoms with van der Waals surface area (Å²) in [4.78, 5) is 8.93. The van der Waals surface area contributed by atoms with Crippen molar-refractivity contribution in [2.24, 2.45) is 17.8 Å². The third-order valence-electron chi connectivity index (χ3n) is 6.96. The fourth-order valence-corrected chi connectivity index (χ4v) is 6.19. The summed E-state index contributed by atoms with van der Waals surface area (Å²) in [6, 6.07) is 8.31. The van der Waals surface area contributed by atoms with Gasteiger partial charge in [-0.3, -0.25) is 0 Å². The molecule has 4 N–H and O–H groups in total. The summed E-state index contributed by atoms with van der Waals surface area (Å²) in [6.07, 6.45) is 10.7. The molecule has 0 aliphatic heterocycles. The molecule has 4 bridgehead atoms. The molecular weight excluding hydrogens is 334 g/mol. The Hall–Kier alpha value is -2.30. The maximum atomic E-state index is 6.50. The number of nitrogen functional groups attached to an aromatic ring is 1. The lowest BCUT2D eigenvalue weighted by Gasteiger charge is -2.57. The van der Waals surface area contributed by atoms with Gasteiger partial charge in [0.15, 0.2) is 11.6 Å². The summed E-state index contributed by atoms with van der Waals surface area (Å²) >= 11 is 0. The molecule has 1 aromatic carbocycles. The van der Waals surface area contributed by atoms with Crippen LogP contribution in [0.5, 0.6) is 0 Å². The van der Waals surface area contributed by atoms with Crippen LogP contribution in [0.15, 0.2) is 30.6 Å². The van der Waals surface area contributed by atoms with Crippen LogP contribution in [0.1, 0.15) is 51.0 Å². The van der Waals surface area contributed by atoms with Gasteiger partial charge in [-0.05, 0) is 74.3 Å². The van der Waals surface area contributed by atoms with Gasteiger partial charge in [0, 0.05) is 11.2 Å². The quantitative estimate of drug-likeness (QED) is 0.715. The number of nitrogens with zero attached hydrogens (tertiary/aromatic N) is 2. The van der Waals surface area contributed by atoms with Crippen molar-refractivity contribution in [3.05, 3.63) is 36.2 Å². The fraction of sp³-hybridized carbons (Fsp3) is 0.545. The van der Waals surface area contributed by atoms with Crippen molar-refractivity contribution in [1.29, 1.82) is 0 Å². The van der Waals surface area contributed by atoms with Crippen molar-refractivity contribution in [2.75, 3.05) is 16.4 Å². The van der Waals surface area contributed by atoms with Gasteiger partial charge >= 0.3 is 0 Å². The first kappa shape index (κ1) is 16.8. The summed E-state index contributed by atoms with van der Waals surface area (Å²) in [5, 5.41) is 7.22. The molecule has 0 amide bonds. The van der Waals surface area contributed by atoms with Gasteiger partial charge in [-0.25, -0.2) is 9.97 Å². The van der Waals surface area contributed by atoms with Crippen molar-refractivity contribution in [3.63, 3.8) is 0 Å². The smallest absolute Gasteiger partial charge is 0.159 e. The molecule has 27 heavy (non-hydrogen) atoms. The Morgan fingerprint density at radius 1 is 1.00 bits per heavy atom. The number of para-hydroxylation sites is 1. The molecule has 4 fully saturated rings. The molecule has 4 aliphatic carbocycles. The van der Waals surface area contributed by atoms with E-state index in [4.69, 9.17) is 5.73 Å². The molecule has 0 atom stereocenters. The number of hydrogen-bond acceptors (Lipinski definition) is 5. The van der Waals surface area contributed by atoms with Gasteiger partial charge in [0.25, 0.3) is 0 Å². The lowest BCUT2D eigenvalue weighted by Crippen LogP contribution is -2.55. The molecule has 6 rings (SSSR count). The second-order valence-electron chi connectivity index (χ2n) is 8.94. The fourth-order valence-electron chi connectivity index (χ4n) is 6.19. The van der Waals surface area contributed by atoms with Gasteiger partial charge in [-0.1, -0.05) is 25.1 Å². The van der Waals surface area contributed by atoms with Gasteiger partial charge in [-0.2, -0.15) is 0 Å². The minimum absolute atomic E-state index is 0.190. The molecule has 4 saturated carbocycles. The molecule has 2 aromatic rings. The largest absolute Gasteiger partial charge is 0.393 e. The van der Waals surface area contributed by atoms with Crippen molar-refractivity contribution >= 4 is 23.0 Å². The van der Waals surface area contributed by atoms with E-state index in [-0.39, 0.29) is 5.54 Å². The number of benzene rings is 1. The Kier molecular flexibility index (Phi) is 3.99. The molecule has 4 aliphatic rings. The van der Waals surface area contributed by atoms with Crippen LogP contribution in [-0.2, 0) is 6.42 Å². The first-order valence-electron chi connectivity index (χ1n) is 10.4. The van der Waals surface area contributed by atoms with Crippen LogP contribution >= 0.6 is 0 Å². The first-order chi connectivity index (χ1) is 13.1. The predicted octanol–water partition coefficient (Wildman–Crippen LogP) is 4.75. The Balaban J connectivity index is 1.41. The molecule has 5 heteroatoms. The molecule has 5 nitrogen and oxygen atoms in total. The molecule has 1 aromatic heterocycles. The van der Waals surface area contributed by atoms with Crippen LogP contribution < -0.4 is 16.4 Å². The standard InChI is InChI=1S/C22H29N5/c1-2-17-5-3-4-6-18(17)26-20-19(23)21(25-13-24-20)27-22-10-14-7-15(11-22)9-16(8-14)12-22/h3-6,13-16H,2,7-12,23H2,1H3,(H2,24,25,26,27). The monoisotopic (exact) mass is 363 g/mol. The van der Waals surface area contributed by atoms with E-state index in [0.717, 1.165) is 35.7 Å². The summed E-state index contributed by atoms with van der Waals surface area (Å²) in [7, 11) is 0. The summed E-state index contributed by atoms with van der Waals surface area (Å²) in [5.74, 6) is 4.16. The number of rotatable bonds is 5. The molecule has 142 valence electrons. The van der Waals surface area contributed by atoms with Crippen LogP contribution in [0.25, 0.3) is 0 Å². The Morgan fingerprint density at radius 3 is 2.30 bits per heavy atom. The van der Waals surface area contributed by atoms with E-state index >= 15 is 0 Å². The minimum atomic E-state index is 0.190. The van der Waals surface area contributed by atoms with E-state index in [1.54, 1.807) is 6.33 Å². The highest BCUT2D eigenvalue weighted by Gasteiger charge is 2.51. The van der Waals surface area contributed by atoms with Gasteiger partial charge in [-0.15, -0.1) is 0 Å². The van der Waals surface area contributed by atoms with Crippen molar-refractivity contribution in [3.8, 4) is 0 Å². The molecule has 1 heterocycles. The minimum Gasteiger partial charge on any atom is -0.393 e. The number of hydrogen-bond donors (Lipinski definition) is 3. The van der Waals surface area contributed by atoms with Crippen LogP contribution in [0, 0.1) is 17.8 Å². The van der Waals surface area contributed by atoms with E-state index in [9.17, 15) is 0 Å². The van der Waals surface area contributed by atoms with Crippen molar-refractivity contribution < 1.29 is 0 Å². The molecule has 0 saturated heterocycles. The van der Waals surface area contributed by atoms with Gasteiger partial charge in [0.05, 0.1) is 0 Å². The first-order valence-corrected chi connectivity index (χ1v) is 10.4. The molecular formula is C22H29N5. The zero-order chi connectivity index (χ0) is 18.4. The number of anilines is 4. The van der Waals surface area contributed by atoms with Crippen LogP contribution in [0.2, 0.25) is 0 Å². The number of aromatic nitrogens is 2. The van der Waals surface area contributed by atoms with Crippen LogP contribution in [0.4, 0.5) is 23.0 Å². The lowest BCUT2D eigenvalue weighted by atomic mass is 9.53. The van der Waals surface area contributed by atoms with E-state index in [1.807, 2.05) is 6.07 Å². The molecule has 0 spiro atoms. The highest BCUT2D eigenvalue weighted by molar-refractivity contribution is 5.78. The Morgan fingerprint density at radius 2 is 1.63 bits per heavy atom. The third-order valence-corrected chi connectivity index (χ3v) is 6.96. The van der Waals surface area contributed by atoms with Crippen LogP contribution in [0.3, 0.4) is 0 Å². The van der Waals surface area contributed by atoms with Crippen molar-refractivity contribution in [1.82, 2.24) is 9.97 Å². The third kappa shape index (κ3) is 3.03. The van der Waals surface area contributed by atoms with E-state index in [0.29, 0.717) is 11.5 Å². The Bertz CT molecular complexity index is 811. The summed E-state index contributed by atoms with van der Waals surface area (Å²) in [5.41, 5.74) is 9.63. The predicted molar refractivity (Wildman–Crippen MR) is 110 cm³/mol. The number of nitrogens with one attached hydrogen (secondary N) is 2. The second-order valence-corrected chi connectivity index (χ2v) is 8.94. The average Bonchev–Trinajstić information content (AvgIpc) is 2.64. The van der Waals surface area contributed by atoms with Gasteiger partial charge < -0.3 is 16.4 Å². The van der Waals surface area contributed by atoms with Gasteiger partial charge in [0.2, 0.25) is 0 Å². The SMILES string of the molecule is CCc1ccccc1Nc1ncnc(NC23CC4CC(CC(C4)C2)C3)c1N. The Labute approximate surface area is 161 Å². The van der Waals surface area contributed by atoms with Crippen LogP contribution in [-0.4, -0.2) is 15.5 Å². The number of aryl methyl sites for hydroxylation is 1. The topological polar surface area (TPSA) is 75.9 Å². The summed E-state index contributed by atoms with van der Waals surface area (Å²) in [6.45, 7) is 2.16. The highest BCUT2D eigenvalue weighted by atomic mass is 15.1. The number of nitrogens with two attached hydrogens (primary N) is 1. The van der Waals surface area contributed by atoms with E-state index in [2.05, 4.69) is 45.7 Å².